The third-order valence-electron chi connectivity index (χ3n) is 7.48. The molecule has 15 heteroatoms. The van der Waals surface area contributed by atoms with Crippen molar-refractivity contribution in [2.24, 2.45) is 7.05 Å². The van der Waals surface area contributed by atoms with Crippen molar-refractivity contribution in [1.29, 1.82) is 0 Å². The second-order valence-electron chi connectivity index (χ2n) is 10.4. The van der Waals surface area contributed by atoms with Crippen LogP contribution in [0.2, 0.25) is 0 Å². The number of halogens is 1. The van der Waals surface area contributed by atoms with Gasteiger partial charge in [0.25, 0.3) is 0 Å². The standard InChI is InChI=1S/C27H31FN8O5S/c1-32-24-22-17-20(23-4-3-13-41-23)31-36(22)26(29)30-25(24)35(27(32)37)12-9-33-7-10-34(11-8-33)21-6-5-18(16-19(21)28)40-14-15-42(2,38)39/h3-6,13,16-17H,7-12,14-15H2,1-2H3,(H2,29,30). The Labute approximate surface area is 240 Å². The molecule has 5 aromatic rings. The van der Waals surface area contributed by atoms with E-state index in [1.807, 2.05) is 11.0 Å². The number of piperazine rings is 1. The van der Waals surface area contributed by atoms with E-state index in [-0.39, 0.29) is 24.0 Å². The molecule has 0 radical (unpaired) electrons. The first-order chi connectivity index (χ1) is 20.1. The average Bonchev–Trinajstić information content (AvgIpc) is 3.68. The number of anilines is 2. The van der Waals surface area contributed by atoms with Crippen molar-refractivity contribution >= 4 is 38.2 Å². The third kappa shape index (κ3) is 5.32. The number of aryl methyl sites for hydroxylation is 1. The zero-order valence-electron chi connectivity index (χ0n) is 23.2. The number of hydrogen-bond acceptors (Lipinski definition) is 10. The molecule has 0 saturated carbocycles. The second-order valence-corrected chi connectivity index (χ2v) is 12.6. The Morgan fingerprint density at radius 2 is 1.90 bits per heavy atom. The zero-order valence-corrected chi connectivity index (χ0v) is 24.1. The molecule has 0 bridgehead atoms. The van der Waals surface area contributed by atoms with E-state index in [0.29, 0.717) is 78.8 Å². The summed E-state index contributed by atoms with van der Waals surface area (Å²) in [5, 5.41) is 4.51. The molecule has 1 aliphatic heterocycles. The van der Waals surface area contributed by atoms with Gasteiger partial charge in [0.2, 0.25) is 5.95 Å². The number of nitrogens with zero attached hydrogens (tertiary/aromatic N) is 7. The van der Waals surface area contributed by atoms with E-state index in [1.165, 1.54) is 10.6 Å². The lowest BCUT2D eigenvalue weighted by Crippen LogP contribution is -2.47. The van der Waals surface area contributed by atoms with Crippen LogP contribution >= 0.6 is 0 Å². The highest BCUT2D eigenvalue weighted by Crippen LogP contribution is 2.27. The minimum absolute atomic E-state index is 0.0302. The minimum Gasteiger partial charge on any atom is -0.492 e. The highest BCUT2D eigenvalue weighted by Gasteiger charge is 2.23. The van der Waals surface area contributed by atoms with Gasteiger partial charge < -0.3 is 19.8 Å². The molecular formula is C27H31FN8O5S. The fourth-order valence-corrected chi connectivity index (χ4v) is 5.66. The molecular weight excluding hydrogens is 567 g/mol. The molecule has 222 valence electrons. The van der Waals surface area contributed by atoms with Gasteiger partial charge in [-0.3, -0.25) is 14.0 Å². The van der Waals surface area contributed by atoms with Crippen molar-refractivity contribution in [3.63, 3.8) is 0 Å². The van der Waals surface area contributed by atoms with Gasteiger partial charge in [-0.05, 0) is 30.3 Å². The van der Waals surface area contributed by atoms with Crippen molar-refractivity contribution in [1.82, 2.24) is 28.6 Å². The molecule has 6 rings (SSSR count). The van der Waals surface area contributed by atoms with Gasteiger partial charge in [0.15, 0.2) is 21.2 Å². The number of ether oxygens (including phenoxy) is 1. The van der Waals surface area contributed by atoms with Crippen molar-refractivity contribution < 1.29 is 22.0 Å². The van der Waals surface area contributed by atoms with Crippen LogP contribution in [0.1, 0.15) is 0 Å². The Hall–Kier alpha value is -4.37. The molecule has 13 nitrogen and oxygen atoms in total. The number of imidazole rings is 1. The van der Waals surface area contributed by atoms with Gasteiger partial charge in [0.05, 0.1) is 23.2 Å². The van der Waals surface area contributed by atoms with Crippen LogP contribution in [0.5, 0.6) is 5.75 Å². The van der Waals surface area contributed by atoms with Crippen LogP contribution in [0, 0.1) is 5.82 Å². The van der Waals surface area contributed by atoms with Gasteiger partial charge in [-0.2, -0.15) is 14.6 Å². The van der Waals surface area contributed by atoms with E-state index >= 15 is 0 Å². The molecule has 5 heterocycles. The maximum Gasteiger partial charge on any atom is 0.330 e. The van der Waals surface area contributed by atoms with Gasteiger partial charge in [0.1, 0.15) is 29.4 Å². The number of nitrogens with two attached hydrogens (primary N) is 1. The molecule has 42 heavy (non-hydrogen) atoms. The lowest BCUT2D eigenvalue weighted by molar-refractivity contribution is 0.247. The molecule has 0 spiro atoms. The summed E-state index contributed by atoms with van der Waals surface area (Å²) < 4.78 is 53.0. The number of sulfone groups is 1. The molecule has 0 unspecified atom stereocenters. The fraction of sp³-hybridized carbons (Fsp3) is 0.370. The summed E-state index contributed by atoms with van der Waals surface area (Å²) in [6.45, 7) is 3.55. The van der Waals surface area contributed by atoms with E-state index in [0.717, 1.165) is 6.26 Å². The van der Waals surface area contributed by atoms with Crippen LogP contribution in [-0.2, 0) is 23.4 Å². The summed E-state index contributed by atoms with van der Waals surface area (Å²) in [7, 11) is -1.45. The molecule has 1 aromatic carbocycles. The summed E-state index contributed by atoms with van der Waals surface area (Å²) in [5.74, 6) is 0.486. The number of hydrogen-bond donors (Lipinski definition) is 1. The zero-order chi connectivity index (χ0) is 29.6. The number of nitrogen functional groups attached to an aromatic ring is 1. The Morgan fingerprint density at radius 3 is 2.60 bits per heavy atom. The van der Waals surface area contributed by atoms with Gasteiger partial charge in [0, 0.05) is 58.6 Å². The first-order valence-electron chi connectivity index (χ1n) is 13.4. The Kier molecular flexibility index (Phi) is 7.14. The Bertz CT molecular complexity index is 1920. The number of rotatable bonds is 9. The van der Waals surface area contributed by atoms with Crippen molar-refractivity contribution in [2.75, 3.05) is 62.0 Å². The lowest BCUT2D eigenvalue weighted by Gasteiger charge is -2.36. The minimum atomic E-state index is -3.15. The second kappa shape index (κ2) is 10.8. The molecule has 2 N–H and O–H groups in total. The van der Waals surface area contributed by atoms with Crippen molar-refractivity contribution in [3.8, 4) is 17.2 Å². The normalized spacial score (nSPS) is 14.8. The number of furan rings is 1. The molecule has 0 atom stereocenters. The first kappa shape index (κ1) is 27.8. The van der Waals surface area contributed by atoms with Gasteiger partial charge in [-0.25, -0.2) is 17.6 Å². The average molecular weight is 599 g/mol. The summed E-state index contributed by atoms with van der Waals surface area (Å²) >= 11 is 0. The summed E-state index contributed by atoms with van der Waals surface area (Å²) in [6, 6.07) is 9.99. The summed E-state index contributed by atoms with van der Waals surface area (Å²) in [6.07, 6.45) is 2.70. The van der Waals surface area contributed by atoms with Crippen molar-refractivity contribution in [2.45, 2.75) is 6.54 Å². The van der Waals surface area contributed by atoms with Crippen LogP contribution in [0.3, 0.4) is 0 Å². The summed E-state index contributed by atoms with van der Waals surface area (Å²) in [4.78, 5) is 22.0. The number of fused-ring (bicyclic) bond motifs is 3. The van der Waals surface area contributed by atoms with Crippen LogP contribution < -0.4 is 21.1 Å². The van der Waals surface area contributed by atoms with Crippen LogP contribution in [-0.4, -0.2) is 88.4 Å². The monoisotopic (exact) mass is 598 g/mol. The Morgan fingerprint density at radius 1 is 1.12 bits per heavy atom. The van der Waals surface area contributed by atoms with E-state index in [4.69, 9.17) is 14.9 Å². The smallest absolute Gasteiger partial charge is 0.330 e. The quantitative estimate of drug-likeness (QED) is 0.266. The molecule has 4 aromatic heterocycles. The Balaban J connectivity index is 1.13. The molecule has 0 aliphatic carbocycles. The maximum absolute atomic E-state index is 14.9. The molecule has 1 fully saturated rings. The fourth-order valence-electron chi connectivity index (χ4n) is 5.27. The van der Waals surface area contributed by atoms with Crippen LogP contribution in [0.25, 0.3) is 28.1 Å². The largest absolute Gasteiger partial charge is 0.492 e. The van der Waals surface area contributed by atoms with E-state index in [1.54, 1.807) is 46.7 Å². The predicted octanol–water partition coefficient (Wildman–Crippen LogP) is 1.61. The van der Waals surface area contributed by atoms with Crippen LogP contribution in [0.15, 0.2) is 51.9 Å². The van der Waals surface area contributed by atoms with E-state index < -0.39 is 15.7 Å². The van der Waals surface area contributed by atoms with Gasteiger partial charge in [-0.1, -0.05) is 0 Å². The first-order valence-corrected chi connectivity index (χ1v) is 15.5. The highest BCUT2D eigenvalue weighted by molar-refractivity contribution is 7.90. The lowest BCUT2D eigenvalue weighted by atomic mass is 10.2. The van der Waals surface area contributed by atoms with Gasteiger partial charge in [-0.15, -0.1) is 0 Å². The SMILES string of the molecule is Cn1c(=O)n(CCN2CCN(c3ccc(OCCS(C)(=O)=O)cc3F)CC2)c2nc(N)n3nc(-c4ccco4)cc3c21. The van der Waals surface area contributed by atoms with Crippen LogP contribution in [0.4, 0.5) is 16.0 Å². The third-order valence-corrected chi connectivity index (χ3v) is 8.39. The van der Waals surface area contributed by atoms with Gasteiger partial charge >= 0.3 is 5.69 Å². The van der Waals surface area contributed by atoms with E-state index in [9.17, 15) is 17.6 Å². The summed E-state index contributed by atoms with van der Waals surface area (Å²) in [5.41, 5.74) is 8.87. The van der Waals surface area contributed by atoms with Crippen molar-refractivity contribution in [3.05, 3.63) is 59.0 Å². The maximum atomic E-state index is 14.9. The number of benzene rings is 1. The van der Waals surface area contributed by atoms with E-state index in [2.05, 4.69) is 15.0 Å². The number of aromatic nitrogens is 5. The molecule has 1 saturated heterocycles. The predicted molar refractivity (Wildman–Crippen MR) is 156 cm³/mol. The topological polar surface area (TPSA) is 146 Å². The molecule has 1 aliphatic rings. The highest BCUT2D eigenvalue weighted by atomic mass is 32.2. The molecule has 0 amide bonds.